The van der Waals surface area contributed by atoms with E-state index in [4.69, 9.17) is 4.42 Å². The van der Waals surface area contributed by atoms with Gasteiger partial charge in [-0.2, -0.15) is 0 Å². The highest BCUT2D eigenvalue weighted by atomic mass is 16.4. The van der Waals surface area contributed by atoms with Crippen molar-refractivity contribution < 1.29 is 4.42 Å². The van der Waals surface area contributed by atoms with Crippen molar-refractivity contribution in [2.24, 2.45) is 17.8 Å². The molecule has 0 amide bonds. The van der Waals surface area contributed by atoms with Gasteiger partial charge < -0.3 is 15.1 Å². The third-order valence-corrected chi connectivity index (χ3v) is 4.10. The normalized spacial score (nSPS) is 23.2. The molecule has 1 aliphatic rings. The Morgan fingerprint density at radius 2 is 2.05 bits per heavy atom. The number of hydrogen-bond acceptors (Lipinski definition) is 5. The van der Waals surface area contributed by atoms with Gasteiger partial charge in [0.2, 0.25) is 5.89 Å². The number of nitrogens with one attached hydrogen (secondary N) is 2. The van der Waals surface area contributed by atoms with Gasteiger partial charge in [0.1, 0.15) is 0 Å². The number of rotatable bonds is 7. The molecule has 20 heavy (non-hydrogen) atoms. The molecule has 2 rings (SSSR count). The average molecular weight is 280 g/mol. The van der Waals surface area contributed by atoms with Crippen LogP contribution >= 0.6 is 0 Å². The molecule has 0 radical (unpaired) electrons. The predicted molar refractivity (Wildman–Crippen MR) is 80.5 cm³/mol. The van der Waals surface area contributed by atoms with Gasteiger partial charge in [0, 0.05) is 6.54 Å². The Morgan fingerprint density at radius 1 is 1.25 bits per heavy atom. The lowest BCUT2D eigenvalue weighted by atomic mass is 9.80. The first-order valence-corrected chi connectivity index (χ1v) is 7.92. The van der Waals surface area contributed by atoms with Crippen LogP contribution in [0.2, 0.25) is 0 Å². The zero-order chi connectivity index (χ0) is 14.4. The fraction of sp³-hybridized carbons (Fsp3) is 0.867. The van der Waals surface area contributed by atoms with Gasteiger partial charge in [-0.3, -0.25) is 0 Å². The van der Waals surface area contributed by atoms with Crippen LogP contribution in [-0.4, -0.2) is 23.3 Å². The van der Waals surface area contributed by atoms with Crippen molar-refractivity contribution in [3.05, 3.63) is 5.89 Å². The van der Waals surface area contributed by atoms with E-state index in [1.165, 1.54) is 25.7 Å². The second-order valence-corrected chi connectivity index (χ2v) is 6.43. The molecule has 114 valence electrons. The fourth-order valence-corrected chi connectivity index (χ4v) is 2.78. The van der Waals surface area contributed by atoms with E-state index >= 15 is 0 Å². The largest absolute Gasteiger partial charge is 0.407 e. The van der Waals surface area contributed by atoms with Crippen LogP contribution in [-0.2, 0) is 6.54 Å². The molecule has 0 aliphatic heterocycles. The minimum atomic E-state index is 0.559. The Kier molecular flexibility index (Phi) is 5.83. The third kappa shape index (κ3) is 4.78. The van der Waals surface area contributed by atoms with Crippen LogP contribution in [0.15, 0.2) is 4.42 Å². The molecule has 0 saturated heterocycles. The third-order valence-electron chi connectivity index (χ3n) is 4.10. The Labute approximate surface area is 121 Å². The monoisotopic (exact) mass is 280 g/mol. The van der Waals surface area contributed by atoms with E-state index in [1.54, 1.807) is 0 Å². The number of nitrogens with zero attached hydrogens (tertiary/aromatic N) is 2. The lowest BCUT2D eigenvalue weighted by Crippen LogP contribution is -2.24. The van der Waals surface area contributed by atoms with Gasteiger partial charge in [0.25, 0.3) is 0 Å². The Balaban J connectivity index is 1.72. The molecule has 5 nitrogen and oxygen atoms in total. The van der Waals surface area contributed by atoms with Gasteiger partial charge in [0.05, 0.1) is 6.54 Å². The van der Waals surface area contributed by atoms with E-state index in [2.05, 4.69) is 41.6 Å². The lowest BCUT2D eigenvalue weighted by Gasteiger charge is -2.28. The van der Waals surface area contributed by atoms with E-state index in [0.717, 1.165) is 24.9 Å². The molecule has 1 aromatic heterocycles. The Bertz CT molecular complexity index is 391. The Hall–Kier alpha value is -1.10. The van der Waals surface area contributed by atoms with E-state index in [0.29, 0.717) is 24.4 Å². The summed E-state index contributed by atoms with van der Waals surface area (Å²) in [6.07, 6.45) is 5.39. The number of anilines is 1. The van der Waals surface area contributed by atoms with Crippen LogP contribution in [0, 0.1) is 17.8 Å². The van der Waals surface area contributed by atoms with Crippen LogP contribution in [0.4, 0.5) is 6.01 Å². The zero-order valence-electron chi connectivity index (χ0n) is 13.0. The maximum Gasteiger partial charge on any atom is 0.315 e. The lowest BCUT2D eigenvalue weighted by molar-refractivity contribution is 0.267. The minimum absolute atomic E-state index is 0.559. The van der Waals surface area contributed by atoms with Crippen molar-refractivity contribution in [1.29, 1.82) is 0 Å². The van der Waals surface area contributed by atoms with Gasteiger partial charge >= 0.3 is 6.01 Å². The van der Waals surface area contributed by atoms with E-state index in [1.807, 2.05) is 0 Å². The molecule has 2 atom stereocenters. The van der Waals surface area contributed by atoms with Crippen molar-refractivity contribution in [3.8, 4) is 0 Å². The maximum atomic E-state index is 5.60. The summed E-state index contributed by atoms with van der Waals surface area (Å²) in [5.41, 5.74) is 0. The fourth-order valence-electron chi connectivity index (χ4n) is 2.78. The van der Waals surface area contributed by atoms with Crippen LogP contribution in [0.5, 0.6) is 0 Å². The zero-order valence-corrected chi connectivity index (χ0v) is 13.0. The highest BCUT2D eigenvalue weighted by Gasteiger charge is 2.21. The second-order valence-electron chi connectivity index (χ2n) is 6.43. The van der Waals surface area contributed by atoms with Gasteiger partial charge in [-0.15, -0.1) is 5.10 Å². The molecule has 0 spiro atoms. The van der Waals surface area contributed by atoms with Crippen molar-refractivity contribution >= 4 is 6.01 Å². The average Bonchev–Trinajstić information content (AvgIpc) is 2.85. The van der Waals surface area contributed by atoms with Gasteiger partial charge in [-0.1, -0.05) is 45.1 Å². The highest BCUT2D eigenvalue weighted by molar-refractivity contribution is 5.17. The first-order chi connectivity index (χ1) is 9.65. The summed E-state index contributed by atoms with van der Waals surface area (Å²) in [5, 5.41) is 14.7. The minimum Gasteiger partial charge on any atom is -0.407 e. The topological polar surface area (TPSA) is 63.0 Å². The van der Waals surface area contributed by atoms with Gasteiger partial charge in [0.15, 0.2) is 0 Å². The quantitative estimate of drug-likeness (QED) is 0.803. The number of aromatic nitrogens is 2. The molecule has 5 heteroatoms. The van der Waals surface area contributed by atoms with Crippen LogP contribution in [0.3, 0.4) is 0 Å². The summed E-state index contributed by atoms with van der Waals surface area (Å²) in [6, 6.07) is 0.559. The van der Waals surface area contributed by atoms with Crippen LogP contribution < -0.4 is 10.6 Å². The highest BCUT2D eigenvalue weighted by Crippen LogP contribution is 2.29. The standard InChI is InChI=1S/C15H28N4O/c1-11(2)8-16-10-14-18-19-15(20-14)17-9-13-7-5-4-6-12(13)3/h11-13,16H,4-10H2,1-3H3,(H,17,19). The molecular weight excluding hydrogens is 252 g/mol. The number of hydrogen-bond donors (Lipinski definition) is 2. The van der Waals surface area contributed by atoms with Crippen molar-refractivity contribution in [2.75, 3.05) is 18.4 Å². The molecular formula is C15H28N4O. The van der Waals surface area contributed by atoms with E-state index in [-0.39, 0.29) is 0 Å². The molecule has 2 unspecified atom stereocenters. The first kappa shape index (κ1) is 15.3. The predicted octanol–water partition coefficient (Wildman–Crippen LogP) is 3.05. The first-order valence-electron chi connectivity index (χ1n) is 7.92. The summed E-state index contributed by atoms with van der Waals surface area (Å²) < 4.78 is 5.60. The summed E-state index contributed by atoms with van der Waals surface area (Å²) in [7, 11) is 0. The maximum absolute atomic E-state index is 5.60. The van der Waals surface area contributed by atoms with Crippen molar-refractivity contribution in [2.45, 2.75) is 53.0 Å². The summed E-state index contributed by atoms with van der Waals surface area (Å²) in [4.78, 5) is 0. The van der Waals surface area contributed by atoms with E-state index in [9.17, 15) is 0 Å². The van der Waals surface area contributed by atoms with Crippen molar-refractivity contribution in [1.82, 2.24) is 15.5 Å². The van der Waals surface area contributed by atoms with Crippen molar-refractivity contribution in [3.63, 3.8) is 0 Å². The second kappa shape index (κ2) is 7.62. The van der Waals surface area contributed by atoms with Crippen LogP contribution in [0.25, 0.3) is 0 Å². The summed E-state index contributed by atoms with van der Waals surface area (Å²) in [5.74, 6) is 2.82. The summed E-state index contributed by atoms with van der Waals surface area (Å²) in [6.45, 7) is 9.26. The molecule has 0 bridgehead atoms. The molecule has 1 aromatic rings. The summed E-state index contributed by atoms with van der Waals surface area (Å²) >= 11 is 0. The van der Waals surface area contributed by atoms with Gasteiger partial charge in [-0.05, 0) is 30.7 Å². The molecule has 1 saturated carbocycles. The molecule has 1 aliphatic carbocycles. The van der Waals surface area contributed by atoms with Gasteiger partial charge in [-0.25, -0.2) is 0 Å². The molecule has 0 aromatic carbocycles. The van der Waals surface area contributed by atoms with Crippen LogP contribution in [0.1, 0.15) is 52.3 Å². The Morgan fingerprint density at radius 3 is 2.80 bits per heavy atom. The molecule has 2 N–H and O–H groups in total. The molecule has 1 heterocycles. The molecule has 1 fully saturated rings. The van der Waals surface area contributed by atoms with E-state index < -0.39 is 0 Å². The SMILES string of the molecule is CC(C)CNCc1nnc(NCC2CCCCC2C)o1. The smallest absolute Gasteiger partial charge is 0.315 e.